The molecule has 1 saturated carbocycles. The van der Waals surface area contributed by atoms with E-state index in [0.29, 0.717) is 18.1 Å². The Morgan fingerprint density at radius 2 is 2.13 bits per heavy atom. The lowest BCUT2D eigenvalue weighted by atomic mass is 9.77. The summed E-state index contributed by atoms with van der Waals surface area (Å²) in [6.07, 6.45) is 3.48. The highest BCUT2D eigenvalue weighted by atomic mass is 35.5. The van der Waals surface area contributed by atoms with Crippen molar-refractivity contribution < 1.29 is 8.94 Å². The Bertz CT molecular complexity index is 806. The summed E-state index contributed by atoms with van der Waals surface area (Å²) in [6, 6.07) is 3.86. The fraction of sp³-hybridized carbons (Fsp3) is 0.400. The molecule has 0 spiro atoms. The van der Waals surface area contributed by atoms with Gasteiger partial charge in [0, 0.05) is 5.38 Å². The molecule has 23 heavy (non-hydrogen) atoms. The van der Waals surface area contributed by atoms with Crippen LogP contribution in [0.25, 0.3) is 10.8 Å². The minimum Gasteiger partial charge on any atom is -0.459 e. The summed E-state index contributed by atoms with van der Waals surface area (Å²) in [5.74, 6) is 2.84. The van der Waals surface area contributed by atoms with Gasteiger partial charge in [0.2, 0.25) is 5.89 Å². The van der Waals surface area contributed by atoms with Gasteiger partial charge >= 0.3 is 0 Å². The molecule has 1 aliphatic carbocycles. The third kappa shape index (κ3) is 3.04. The molecule has 0 saturated heterocycles. The van der Waals surface area contributed by atoms with Gasteiger partial charge in [-0.25, -0.2) is 4.98 Å². The average Bonchev–Trinajstić information content (AvgIpc) is 3.17. The molecule has 0 unspecified atom stereocenters. The van der Waals surface area contributed by atoms with Gasteiger partial charge in [0.05, 0.1) is 17.7 Å². The zero-order valence-electron chi connectivity index (χ0n) is 12.6. The second kappa shape index (κ2) is 6.07. The number of hydrogen-bond donors (Lipinski definition) is 1. The Morgan fingerprint density at radius 3 is 2.78 bits per heavy atom. The lowest BCUT2D eigenvalue weighted by molar-refractivity contribution is 0.229. The maximum absolute atomic E-state index is 6.20. The molecule has 0 aliphatic heterocycles. The maximum Gasteiger partial charge on any atom is 0.232 e. The minimum atomic E-state index is -0.388. The molecule has 0 bridgehead atoms. The van der Waals surface area contributed by atoms with Gasteiger partial charge in [-0.1, -0.05) is 5.16 Å². The molecule has 1 fully saturated rings. The van der Waals surface area contributed by atoms with Crippen LogP contribution in [0.15, 0.2) is 26.5 Å². The van der Waals surface area contributed by atoms with Gasteiger partial charge < -0.3 is 14.7 Å². The molecule has 0 radical (unpaired) electrons. The van der Waals surface area contributed by atoms with Gasteiger partial charge in [0.15, 0.2) is 16.6 Å². The molecule has 0 atom stereocenters. The molecule has 0 amide bonds. The number of nitrogens with zero attached hydrogens (tertiary/aromatic N) is 3. The third-order valence-electron chi connectivity index (χ3n) is 3.99. The van der Waals surface area contributed by atoms with Crippen molar-refractivity contribution in [3.8, 4) is 10.8 Å². The second-order valence-corrected chi connectivity index (χ2v) is 6.61. The maximum atomic E-state index is 6.20. The highest BCUT2D eigenvalue weighted by Gasteiger charge is 2.38. The number of furan rings is 1. The van der Waals surface area contributed by atoms with Crippen LogP contribution < -0.4 is 5.73 Å². The number of rotatable bonds is 4. The Morgan fingerprint density at radius 1 is 1.30 bits per heavy atom. The lowest BCUT2D eigenvalue weighted by Gasteiger charge is -2.34. The molecule has 2 N–H and O–H groups in total. The molecular weight excluding hydrogens is 336 g/mol. The van der Waals surface area contributed by atoms with E-state index >= 15 is 0 Å². The molecule has 0 aromatic carbocycles. The molecule has 3 aromatic rings. The largest absolute Gasteiger partial charge is 0.459 e. The van der Waals surface area contributed by atoms with Crippen molar-refractivity contribution in [2.45, 2.75) is 38.1 Å². The molecule has 1 aliphatic rings. The average molecular weight is 353 g/mol. The zero-order valence-corrected chi connectivity index (χ0v) is 14.2. The summed E-state index contributed by atoms with van der Waals surface area (Å²) in [7, 11) is 0. The first kappa shape index (κ1) is 16.2. The van der Waals surface area contributed by atoms with Crippen LogP contribution in [0.3, 0.4) is 0 Å². The number of halogens is 1. The van der Waals surface area contributed by atoms with Crippen molar-refractivity contribution in [2.75, 3.05) is 0 Å². The fourth-order valence-electron chi connectivity index (χ4n) is 2.52. The molecule has 122 valence electrons. The lowest BCUT2D eigenvalue weighted by Crippen LogP contribution is -2.44. The number of hydrogen-bond acceptors (Lipinski definition) is 7. The monoisotopic (exact) mass is 352 g/mol. The van der Waals surface area contributed by atoms with Gasteiger partial charge in [-0.2, -0.15) is 4.98 Å². The molecule has 6 nitrogen and oxygen atoms in total. The van der Waals surface area contributed by atoms with Crippen molar-refractivity contribution in [1.82, 2.24) is 15.1 Å². The smallest absolute Gasteiger partial charge is 0.232 e. The van der Waals surface area contributed by atoms with E-state index in [1.54, 1.807) is 11.3 Å². The number of thiazole rings is 1. The molecule has 3 heterocycles. The summed E-state index contributed by atoms with van der Waals surface area (Å²) in [5.41, 5.74) is 6.71. The topological polar surface area (TPSA) is 91.0 Å². The standard InChI is InChI=1S/C15H16N4O2S.ClH/c1-9-3-4-11(20-9)13-17-10(8-22-13)7-12-18-14(19-21-12)15(16)5-2-6-15;/h3-4,8H,2,5-7,16H2,1H3;1H. The van der Waals surface area contributed by atoms with Gasteiger partial charge in [0.25, 0.3) is 0 Å². The van der Waals surface area contributed by atoms with Crippen molar-refractivity contribution in [3.63, 3.8) is 0 Å². The first-order chi connectivity index (χ1) is 10.6. The van der Waals surface area contributed by atoms with Crippen LogP contribution in [0.5, 0.6) is 0 Å². The van der Waals surface area contributed by atoms with Gasteiger partial charge in [-0.05, 0) is 38.3 Å². The Kier molecular flexibility index (Phi) is 4.27. The van der Waals surface area contributed by atoms with Crippen LogP contribution in [-0.4, -0.2) is 15.1 Å². The van der Waals surface area contributed by atoms with Gasteiger partial charge in [-0.15, -0.1) is 23.7 Å². The predicted octanol–water partition coefficient (Wildman–Crippen LogP) is 3.45. The van der Waals surface area contributed by atoms with E-state index in [0.717, 1.165) is 41.5 Å². The Labute approximate surface area is 143 Å². The summed E-state index contributed by atoms with van der Waals surface area (Å²) in [5, 5.41) is 6.86. The van der Waals surface area contributed by atoms with Crippen LogP contribution >= 0.6 is 23.7 Å². The quantitative estimate of drug-likeness (QED) is 0.773. The summed E-state index contributed by atoms with van der Waals surface area (Å²) in [4.78, 5) is 8.98. The van der Waals surface area contributed by atoms with Crippen LogP contribution in [0.4, 0.5) is 0 Å². The van der Waals surface area contributed by atoms with Crippen molar-refractivity contribution in [2.24, 2.45) is 5.73 Å². The first-order valence-electron chi connectivity index (χ1n) is 7.26. The second-order valence-electron chi connectivity index (χ2n) is 5.75. The molecule has 3 aromatic heterocycles. The van der Waals surface area contributed by atoms with Crippen LogP contribution in [0.2, 0.25) is 0 Å². The van der Waals surface area contributed by atoms with Crippen LogP contribution in [0.1, 0.15) is 42.4 Å². The number of aromatic nitrogens is 3. The fourth-order valence-corrected chi connectivity index (χ4v) is 3.30. The van der Waals surface area contributed by atoms with E-state index in [4.69, 9.17) is 14.7 Å². The number of nitrogens with two attached hydrogens (primary N) is 1. The summed E-state index contributed by atoms with van der Waals surface area (Å²) in [6.45, 7) is 1.92. The molecule has 4 rings (SSSR count). The minimum absolute atomic E-state index is 0. The van der Waals surface area contributed by atoms with E-state index in [1.165, 1.54) is 0 Å². The summed E-state index contributed by atoms with van der Waals surface area (Å²) >= 11 is 1.54. The molecule has 8 heteroatoms. The zero-order chi connectivity index (χ0) is 15.2. The van der Waals surface area contributed by atoms with Crippen LogP contribution in [0, 0.1) is 6.92 Å². The van der Waals surface area contributed by atoms with E-state index in [1.807, 2.05) is 24.4 Å². The van der Waals surface area contributed by atoms with Crippen molar-refractivity contribution in [3.05, 3.63) is 40.7 Å². The molecular formula is C15H17ClN4O2S. The van der Waals surface area contributed by atoms with Gasteiger partial charge in [0.1, 0.15) is 5.76 Å². The summed E-state index contributed by atoms with van der Waals surface area (Å²) < 4.78 is 10.9. The first-order valence-corrected chi connectivity index (χ1v) is 8.13. The Hall–Kier alpha value is -1.70. The number of aryl methyl sites for hydroxylation is 1. The van der Waals surface area contributed by atoms with Gasteiger partial charge in [-0.3, -0.25) is 0 Å². The normalized spacial score (nSPS) is 15.9. The van der Waals surface area contributed by atoms with Crippen LogP contribution in [-0.2, 0) is 12.0 Å². The Balaban J connectivity index is 0.00000156. The van der Waals surface area contributed by atoms with E-state index in [2.05, 4.69) is 15.1 Å². The van der Waals surface area contributed by atoms with Crippen molar-refractivity contribution in [1.29, 1.82) is 0 Å². The van der Waals surface area contributed by atoms with E-state index in [9.17, 15) is 0 Å². The van der Waals surface area contributed by atoms with E-state index in [-0.39, 0.29) is 17.9 Å². The van der Waals surface area contributed by atoms with Crippen molar-refractivity contribution >= 4 is 23.7 Å². The highest BCUT2D eigenvalue weighted by molar-refractivity contribution is 7.13. The predicted molar refractivity (Wildman–Crippen MR) is 88.6 cm³/mol. The highest BCUT2D eigenvalue weighted by Crippen LogP contribution is 2.37. The third-order valence-corrected chi connectivity index (χ3v) is 4.90. The SMILES string of the molecule is Cc1ccc(-c2nc(Cc3nc(C4(N)CCC4)no3)cs2)o1.Cl. The van der Waals surface area contributed by atoms with E-state index < -0.39 is 0 Å².